The van der Waals surface area contributed by atoms with E-state index in [2.05, 4.69) is 71.3 Å². The van der Waals surface area contributed by atoms with Crippen LogP contribution >= 0.6 is 15.9 Å². The van der Waals surface area contributed by atoms with Crippen LogP contribution in [0.1, 0.15) is 61.0 Å². The summed E-state index contributed by atoms with van der Waals surface area (Å²) in [7, 11) is -4.74. The molecule has 5 atom stereocenters. The Morgan fingerprint density at radius 1 is 0.946 bits per heavy atom. The van der Waals surface area contributed by atoms with Gasteiger partial charge in [0, 0.05) is 0 Å². The molecule has 2 fully saturated rings. The molecule has 2 aliphatic heterocycles. The molecule has 1 aromatic carbocycles. The summed E-state index contributed by atoms with van der Waals surface area (Å²) in [4.78, 5) is 11.9. The largest absolute Gasteiger partial charge is 0.465 e. The summed E-state index contributed by atoms with van der Waals surface area (Å²) in [5.74, 6) is -3.29. The fourth-order valence-corrected chi connectivity index (χ4v) is 17.5. The zero-order valence-electron chi connectivity index (χ0n) is 23.4. The zero-order chi connectivity index (χ0) is 27.8. The number of benzene rings is 1. The molecule has 1 N–H and O–H groups in total. The van der Waals surface area contributed by atoms with Gasteiger partial charge in [0.25, 0.3) is 5.79 Å². The first-order valence-electron chi connectivity index (χ1n) is 13.1. The monoisotopic (exact) mass is 618 g/mol. The van der Waals surface area contributed by atoms with Gasteiger partial charge >= 0.3 is 23.1 Å². The molecule has 37 heavy (non-hydrogen) atoms. The van der Waals surface area contributed by atoms with Crippen LogP contribution in [0.4, 0.5) is 0 Å². The topological polar surface area (TPSA) is 92.7 Å². The lowest BCUT2D eigenvalue weighted by molar-refractivity contribution is -0.342. The Morgan fingerprint density at radius 2 is 1.43 bits per heavy atom. The summed E-state index contributed by atoms with van der Waals surface area (Å²) >= 11 is 3.56. The van der Waals surface area contributed by atoms with Crippen molar-refractivity contribution in [3.8, 4) is 0 Å². The maximum absolute atomic E-state index is 12.9. The van der Waals surface area contributed by atoms with E-state index in [4.69, 9.17) is 27.2 Å². The Balaban J connectivity index is 2.17. The van der Waals surface area contributed by atoms with Crippen molar-refractivity contribution in [3.05, 3.63) is 35.9 Å². The van der Waals surface area contributed by atoms with Crippen LogP contribution in [-0.4, -0.2) is 64.4 Å². The van der Waals surface area contributed by atoms with Gasteiger partial charge in [-0.05, 0) is 27.7 Å². The summed E-state index contributed by atoms with van der Waals surface area (Å²) in [6.07, 6.45) is -2.65. The molecular formula is C26H43BrO8Si2. The van der Waals surface area contributed by atoms with Crippen molar-refractivity contribution in [2.24, 2.45) is 0 Å². The third-order valence-corrected chi connectivity index (χ3v) is 18.9. The second-order valence-electron chi connectivity index (χ2n) is 11.2. The highest BCUT2D eigenvalue weighted by Crippen LogP contribution is 2.51. The number of rotatable bonds is 8. The first kappa shape index (κ1) is 30.9. The van der Waals surface area contributed by atoms with Crippen LogP contribution in [0.3, 0.4) is 0 Å². The van der Waals surface area contributed by atoms with E-state index in [0.29, 0.717) is 0 Å². The maximum atomic E-state index is 12.9. The molecule has 2 heterocycles. The Morgan fingerprint density at radius 3 is 1.89 bits per heavy atom. The van der Waals surface area contributed by atoms with Gasteiger partial charge in [0.1, 0.15) is 10.9 Å². The number of fused-ring (bicyclic) bond motifs is 1. The summed E-state index contributed by atoms with van der Waals surface area (Å²) in [5.41, 5.74) is 1.28. The molecule has 0 spiro atoms. The van der Waals surface area contributed by atoms with E-state index in [1.165, 1.54) is 7.11 Å². The average molecular weight is 620 g/mol. The minimum atomic E-state index is -2.99. The van der Waals surface area contributed by atoms with Gasteiger partial charge < -0.3 is 32.3 Å². The van der Waals surface area contributed by atoms with Gasteiger partial charge in [0.15, 0.2) is 6.29 Å². The average Bonchev–Trinajstić information content (AvgIpc) is 3.03. The van der Waals surface area contributed by atoms with Crippen molar-refractivity contribution < 1.29 is 37.1 Å². The standard InChI is InChI=1S/C26H43BrO8Si2/c1-16(2)36(17(3)4)33-21-22(34-37(35-36,18(5)6)19(7)8)24(31-15-20-13-11-10-12-14-20)32-26(29,23(21)27)25(28)30-9/h10-14,16-19,21-24,29H,15H2,1-9H3/t21-,22-,23-,24-,26+/m1/s1. The second-order valence-corrected chi connectivity index (χ2v) is 21.0. The summed E-state index contributed by atoms with van der Waals surface area (Å²) in [5, 5.41) is 11.5. The Kier molecular flexibility index (Phi) is 9.90. The van der Waals surface area contributed by atoms with Crippen molar-refractivity contribution in [1.82, 2.24) is 0 Å². The highest BCUT2D eigenvalue weighted by Gasteiger charge is 2.68. The number of esters is 1. The smallest absolute Gasteiger partial charge is 0.367 e. The molecule has 1 aromatic rings. The van der Waals surface area contributed by atoms with Gasteiger partial charge in [-0.15, -0.1) is 0 Å². The van der Waals surface area contributed by atoms with Crippen molar-refractivity contribution in [2.45, 2.75) is 113 Å². The molecule has 8 nitrogen and oxygen atoms in total. The molecule has 3 rings (SSSR count). The molecule has 2 aliphatic rings. The lowest BCUT2D eigenvalue weighted by Gasteiger charge is -2.48. The van der Waals surface area contributed by atoms with Crippen LogP contribution in [0.15, 0.2) is 30.3 Å². The second kappa shape index (κ2) is 11.8. The van der Waals surface area contributed by atoms with Crippen LogP contribution in [0.2, 0.25) is 22.2 Å². The number of hydrogen-bond donors (Lipinski definition) is 1. The summed E-state index contributed by atoms with van der Waals surface area (Å²) in [6, 6.07) is 9.63. The number of hydrogen-bond acceptors (Lipinski definition) is 8. The van der Waals surface area contributed by atoms with Gasteiger partial charge in [-0.3, -0.25) is 0 Å². The molecule has 210 valence electrons. The van der Waals surface area contributed by atoms with E-state index >= 15 is 0 Å². The number of alkyl halides is 1. The van der Waals surface area contributed by atoms with Crippen LogP contribution in [0, 0.1) is 0 Å². The first-order chi connectivity index (χ1) is 17.2. The van der Waals surface area contributed by atoms with Gasteiger partial charge in [0.2, 0.25) is 0 Å². The molecule has 0 bridgehead atoms. The predicted molar refractivity (Wildman–Crippen MR) is 149 cm³/mol. The van der Waals surface area contributed by atoms with Crippen LogP contribution in [0.5, 0.6) is 0 Å². The Bertz CT molecular complexity index is 899. The minimum absolute atomic E-state index is 0.0803. The van der Waals surface area contributed by atoms with E-state index in [1.54, 1.807) is 0 Å². The lowest BCUT2D eigenvalue weighted by Crippen LogP contribution is -2.68. The number of aliphatic hydroxyl groups is 1. The fourth-order valence-electron chi connectivity index (χ4n) is 5.36. The molecule has 0 radical (unpaired) electrons. The Labute approximate surface area is 231 Å². The number of ether oxygens (including phenoxy) is 3. The number of carbonyl (C=O) groups excluding carboxylic acids is 1. The third-order valence-electron chi connectivity index (χ3n) is 7.46. The predicted octanol–water partition coefficient (Wildman–Crippen LogP) is 5.51. The molecule has 0 amide bonds. The van der Waals surface area contributed by atoms with Crippen LogP contribution in [-0.2, 0) is 38.6 Å². The molecule has 0 unspecified atom stereocenters. The summed E-state index contributed by atoms with van der Waals surface area (Å²) < 4.78 is 38.5. The van der Waals surface area contributed by atoms with Crippen LogP contribution in [0.25, 0.3) is 0 Å². The van der Waals surface area contributed by atoms with Crippen molar-refractivity contribution in [3.63, 3.8) is 0 Å². The van der Waals surface area contributed by atoms with Crippen molar-refractivity contribution >= 4 is 39.0 Å². The molecular weight excluding hydrogens is 576 g/mol. The fraction of sp³-hybridized carbons (Fsp3) is 0.731. The number of methoxy groups -OCH3 is 1. The number of halogens is 1. The Hall–Kier alpha value is -0.636. The number of carbonyl (C=O) groups is 1. The SMILES string of the molecule is COC(=O)[C@@]1(O)O[C@@H](OCc2ccccc2)[C@@H]2O[Si](C(C)C)(C(C)C)O[Si](C(C)C)(C(C)C)O[C@H]2[C@H]1Br. The van der Waals surface area contributed by atoms with E-state index in [9.17, 15) is 9.90 Å². The zero-order valence-corrected chi connectivity index (χ0v) is 27.0. The summed E-state index contributed by atoms with van der Waals surface area (Å²) in [6.45, 7) is 17.2. The van der Waals surface area contributed by atoms with Gasteiger partial charge in [-0.25, -0.2) is 4.79 Å². The molecule has 11 heteroatoms. The normalized spacial score (nSPS) is 31.4. The third kappa shape index (κ3) is 5.66. The van der Waals surface area contributed by atoms with Gasteiger partial charge in [-0.2, -0.15) is 0 Å². The van der Waals surface area contributed by atoms with E-state index in [-0.39, 0.29) is 28.8 Å². The molecule has 0 aromatic heterocycles. The van der Waals surface area contributed by atoms with E-state index in [1.807, 2.05) is 30.3 Å². The van der Waals surface area contributed by atoms with Crippen molar-refractivity contribution in [2.75, 3.05) is 7.11 Å². The van der Waals surface area contributed by atoms with Crippen LogP contribution < -0.4 is 0 Å². The quantitative estimate of drug-likeness (QED) is 0.232. The highest BCUT2D eigenvalue weighted by atomic mass is 79.9. The maximum Gasteiger partial charge on any atom is 0.367 e. The highest BCUT2D eigenvalue weighted by molar-refractivity contribution is 9.09. The van der Waals surface area contributed by atoms with Crippen molar-refractivity contribution in [1.29, 1.82) is 0 Å². The molecule has 0 saturated carbocycles. The van der Waals surface area contributed by atoms with Gasteiger partial charge in [0.05, 0.1) is 19.8 Å². The lowest BCUT2D eigenvalue weighted by atomic mass is 9.99. The molecule has 0 aliphatic carbocycles. The van der Waals surface area contributed by atoms with E-state index < -0.39 is 52.2 Å². The minimum Gasteiger partial charge on any atom is -0.465 e. The molecule has 2 saturated heterocycles. The van der Waals surface area contributed by atoms with Gasteiger partial charge in [-0.1, -0.05) is 102 Å². The first-order valence-corrected chi connectivity index (χ1v) is 17.9. The van der Waals surface area contributed by atoms with E-state index in [0.717, 1.165) is 5.56 Å².